The number of likely N-dealkylation sites (tertiary alicyclic amines) is 1. The number of rotatable bonds is 6. The van der Waals surface area contributed by atoms with Crippen LogP contribution in [0.3, 0.4) is 0 Å². The molecule has 2 spiro atoms. The lowest BCUT2D eigenvalue weighted by Gasteiger charge is -2.65. The highest BCUT2D eigenvalue weighted by molar-refractivity contribution is 5.96. The number of piperidine rings is 1. The lowest BCUT2D eigenvalue weighted by Crippen LogP contribution is -2.79. The second kappa shape index (κ2) is 8.61. The number of benzene rings is 3. The van der Waals surface area contributed by atoms with Crippen LogP contribution in [0.25, 0.3) is 0 Å². The Labute approximate surface area is 246 Å². The van der Waals surface area contributed by atoms with E-state index in [1.165, 1.54) is 24.0 Å². The van der Waals surface area contributed by atoms with Crippen LogP contribution in [0.15, 0.2) is 60.7 Å². The minimum absolute atomic E-state index is 0.0317. The largest absolute Gasteiger partial charge is 0.497 e. The van der Waals surface area contributed by atoms with E-state index in [-0.39, 0.29) is 11.8 Å². The Balaban J connectivity index is 1.17. The second-order valence-corrected chi connectivity index (χ2v) is 13.8. The summed E-state index contributed by atoms with van der Waals surface area (Å²) in [4.78, 5) is 17.4. The van der Waals surface area contributed by atoms with E-state index in [4.69, 9.17) is 14.2 Å². The molecule has 5 atom stereocenters. The number of nitrogens with zero attached hydrogens (tertiary/aromatic N) is 1. The van der Waals surface area contributed by atoms with Crippen LogP contribution in [0.2, 0.25) is 0 Å². The van der Waals surface area contributed by atoms with Gasteiger partial charge in [0, 0.05) is 23.6 Å². The van der Waals surface area contributed by atoms with Gasteiger partial charge in [-0.1, -0.05) is 42.5 Å². The third-order valence-electron chi connectivity index (χ3n) is 11.6. The van der Waals surface area contributed by atoms with Crippen molar-refractivity contribution in [1.82, 2.24) is 4.90 Å². The predicted molar refractivity (Wildman–Crippen MR) is 157 cm³/mol. The molecule has 3 aromatic rings. The van der Waals surface area contributed by atoms with Gasteiger partial charge in [0.15, 0.2) is 23.4 Å². The standard InChI is InChI=1S/C36H37NO5/c1-40-27-11-9-25-17-34(18-26(25)15-27)21-36(39)29-16-24-10-12-28(41-20-23-5-3-2-4-6-23)31-30(24)35(36,33(42-31)32(34)38)13-14-37(29)19-22-7-8-22/h2-6,9-12,15,22,29,33,39H,7-8,13-14,16-21H2,1H3/t29-,33+,34?,35+,36-/m1/s1. The molecule has 6 nitrogen and oxygen atoms in total. The molecule has 42 heavy (non-hydrogen) atoms. The van der Waals surface area contributed by atoms with Gasteiger partial charge < -0.3 is 19.3 Å². The Bertz CT molecular complexity index is 1620. The molecule has 0 amide bonds. The molecule has 2 bridgehead atoms. The molecule has 216 valence electrons. The van der Waals surface area contributed by atoms with Gasteiger partial charge in [-0.25, -0.2) is 0 Å². The van der Waals surface area contributed by atoms with Crippen molar-refractivity contribution in [3.63, 3.8) is 0 Å². The normalized spacial score (nSPS) is 33.7. The number of hydrogen-bond acceptors (Lipinski definition) is 6. The maximum atomic E-state index is 14.9. The van der Waals surface area contributed by atoms with Crippen molar-refractivity contribution in [2.24, 2.45) is 11.3 Å². The SMILES string of the molecule is COc1ccc2c(c1)CC1(C2)C[C@@]2(O)[C@H]3Cc4ccc(OCc5ccccc5)c5c4[C@@]2(CCN3CC2CC2)[C@@H](O5)C1=O. The van der Waals surface area contributed by atoms with Crippen molar-refractivity contribution >= 4 is 5.78 Å². The van der Waals surface area contributed by atoms with Crippen molar-refractivity contribution in [3.8, 4) is 17.2 Å². The van der Waals surface area contributed by atoms with Crippen LogP contribution in [0.1, 0.15) is 53.5 Å². The number of ketones is 1. The molecule has 3 fully saturated rings. The molecule has 0 aromatic heterocycles. The molecule has 6 heteroatoms. The van der Waals surface area contributed by atoms with Crippen LogP contribution in [-0.2, 0) is 36.1 Å². The summed E-state index contributed by atoms with van der Waals surface area (Å²) >= 11 is 0. The zero-order valence-electron chi connectivity index (χ0n) is 24.1. The van der Waals surface area contributed by atoms with E-state index in [9.17, 15) is 9.90 Å². The molecule has 0 radical (unpaired) electrons. The average Bonchev–Trinajstić information content (AvgIpc) is 3.63. The molecule has 3 aromatic carbocycles. The Morgan fingerprint density at radius 3 is 2.64 bits per heavy atom. The van der Waals surface area contributed by atoms with Crippen LogP contribution in [0.5, 0.6) is 17.2 Å². The van der Waals surface area contributed by atoms with Gasteiger partial charge in [0.05, 0.1) is 18.1 Å². The number of fused-ring (bicyclic) bond motifs is 1. The molecule has 2 heterocycles. The van der Waals surface area contributed by atoms with Gasteiger partial charge in [-0.2, -0.15) is 0 Å². The Hall–Kier alpha value is -3.35. The lowest BCUT2D eigenvalue weighted by atomic mass is 9.44. The molecule has 1 unspecified atom stereocenters. The molecule has 1 N–H and O–H groups in total. The van der Waals surface area contributed by atoms with E-state index in [0.29, 0.717) is 37.4 Å². The Kier molecular flexibility index (Phi) is 5.16. The minimum Gasteiger partial charge on any atom is -0.497 e. The third-order valence-corrected chi connectivity index (χ3v) is 11.6. The Morgan fingerprint density at radius 1 is 1.02 bits per heavy atom. The number of hydrogen-bond donors (Lipinski definition) is 1. The summed E-state index contributed by atoms with van der Waals surface area (Å²) in [6.07, 6.45) is 5.06. The van der Waals surface area contributed by atoms with Crippen molar-refractivity contribution < 1.29 is 24.1 Å². The van der Waals surface area contributed by atoms with Gasteiger partial charge in [-0.05, 0) is 97.9 Å². The number of aliphatic hydroxyl groups is 1. The van der Waals surface area contributed by atoms with Gasteiger partial charge in [0.1, 0.15) is 12.4 Å². The van der Waals surface area contributed by atoms with E-state index in [1.54, 1.807) is 7.11 Å². The monoisotopic (exact) mass is 563 g/mol. The smallest absolute Gasteiger partial charge is 0.181 e. The highest BCUT2D eigenvalue weighted by atomic mass is 16.5. The summed E-state index contributed by atoms with van der Waals surface area (Å²) in [5.74, 6) is 3.04. The molecular formula is C36H37NO5. The predicted octanol–water partition coefficient (Wildman–Crippen LogP) is 4.80. The fourth-order valence-electron chi connectivity index (χ4n) is 9.52. The first-order valence-electron chi connectivity index (χ1n) is 15.6. The molecule has 6 aliphatic rings. The van der Waals surface area contributed by atoms with Crippen molar-refractivity contribution in [2.75, 3.05) is 20.2 Å². The summed E-state index contributed by atoms with van der Waals surface area (Å²) in [6.45, 7) is 2.34. The summed E-state index contributed by atoms with van der Waals surface area (Å²) in [7, 11) is 1.68. The van der Waals surface area contributed by atoms with E-state index in [0.717, 1.165) is 54.3 Å². The van der Waals surface area contributed by atoms with Crippen LogP contribution < -0.4 is 14.2 Å². The molecule has 2 aliphatic heterocycles. The zero-order valence-corrected chi connectivity index (χ0v) is 24.1. The fourth-order valence-corrected chi connectivity index (χ4v) is 9.52. The molecule has 1 saturated heterocycles. The Morgan fingerprint density at radius 2 is 1.83 bits per heavy atom. The summed E-state index contributed by atoms with van der Waals surface area (Å²) in [5.41, 5.74) is 3.16. The van der Waals surface area contributed by atoms with Gasteiger partial charge in [0.25, 0.3) is 0 Å². The van der Waals surface area contributed by atoms with E-state index in [1.807, 2.05) is 30.3 Å². The quantitative estimate of drug-likeness (QED) is 0.465. The van der Waals surface area contributed by atoms with Gasteiger partial charge in [-0.15, -0.1) is 0 Å². The lowest BCUT2D eigenvalue weighted by molar-refractivity contribution is -0.209. The number of carbonyl (C=O) groups excluding carboxylic acids is 1. The topological polar surface area (TPSA) is 68.2 Å². The first-order valence-corrected chi connectivity index (χ1v) is 15.6. The van der Waals surface area contributed by atoms with Gasteiger partial charge in [0.2, 0.25) is 0 Å². The number of carbonyl (C=O) groups is 1. The maximum absolute atomic E-state index is 14.9. The highest BCUT2D eigenvalue weighted by Crippen LogP contribution is 2.68. The zero-order chi connectivity index (χ0) is 28.3. The number of methoxy groups -OCH3 is 1. The third kappa shape index (κ3) is 3.25. The number of ether oxygens (including phenoxy) is 3. The van der Waals surface area contributed by atoms with Gasteiger partial charge >= 0.3 is 0 Å². The number of Topliss-reactive ketones (excluding diaryl/α,β-unsaturated/α-hetero) is 1. The van der Waals surface area contributed by atoms with Crippen LogP contribution in [0, 0.1) is 11.3 Å². The van der Waals surface area contributed by atoms with Crippen molar-refractivity contribution in [1.29, 1.82) is 0 Å². The fraction of sp³-hybridized carbons (Fsp3) is 0.472. The van der Waals surface area contributed by atoms with E-state index < -0.39 is 22.5 Å². The summed E-state index contributed by atoms with van der Waals surface area (Å²) in [6, 6.07) is 20.4. The van der Waals surface area contributed by atoms with Crippen LogP contribution in [-0.4, -0.2) is 53.7 Å². The van der Waals surface area contributed by atoms with Crippen molar-refractivity contribution in [3.05, 3.63) is 88.5 Å². The van der Waals surface area contributed by atoms with E-state index in [2.05, 4.69) is 35.2 Å². The summed E-state index contributed by atoms with van der Waals surface area (Å²) < 4.78 is 18.8. The van der Waals surface area contributed by atoms with E-state index >= 15 is 0 Å². The molecule has 4 aliphatic carbocycles. The van der Waals surface area contributed by atoms with Crippen molar-refractivity contribution in [2.45, 2.75) is 74.7 Å². The average molecular weight is 564 g/mol. The van der Waals surface area contributed by atoms with Gasteiger partial charge in [-0.3, -0.25) is 9.69 Å². The first-order chi connectivity index (χ1) is 20.4. The molecular weight excluding hydrogens is 526 g/mol. The molecule has 9 rings (SSSR count). The summed E-state index contributed by atoms with van der Waals surface area (Å²) in [5, 5.41) is 13.3. The van der Waals surface area contributed by atoms with Crippen LogP contribution in [0.4, 0.5) is 0 Å². The first kappa shape index (κ1) is 25.2. The highest BCUT2D eigenvalue weighted by Gasteiger charge is 2.77. The minimum atomic E-state index is -1.07. The van der Waals surface area contributed by atoms with Crippen LogP contribution >= 0.6 is 0 Å². The second-order valence-electron chi connectivity index (χ2n) is 13.8. The maximum Gasteiger partial charge on any atom is 0.181 e. The molecule has 2 saturated carbocycles.